The van der Waals surface area contributed by atoms with Crippen LogP contribution in [0.4, 0.5) is 4.39 Å². The molecule has 162 valence electrons. The number of fused-ring (bicyclic) bond motifs is 1. The molecule has 7 heteroatoms. The van der Waals surface area contributed by atoms with E-state index in [4.69, 9.17) is 0 Å². The molecule has 2 unspecified atom stereocenters. The van der Waals surface area contributed by atoms with E-state index in [0.717, 1.165) is 23.3 Å². The lowest BCUT2D eigenvalue weighted by Crippen LogP contribution is -2.54. The van der Waals surface area contributed by atoms with Crippen molar-refractivity contribution in [3.63, 3.8) is 0 Å². The summed E-state index contributed by atoms with van der Waals surface area (Å²) in [5, 5.41) is 9.63. The molecule has 0 aliphatic carbocycles. The maximum absolute atomic E-state index is 13.7. The number of hydrogen-bond donors (Lipinski definition) is 1. The summed E-state index contributed by atoms with van der Waals surface area (Å²) < 4.78 is 13.7. The lowest BCUT2D eigenvalue weighted by molar-refractivity contribution is -0.133. The first-order chi connectivity index (χ1) is 15.0. The van der Waals surface area contributed by atoms with Gasteiger partial charge in [0, 0.05) is 26.1 Å². The molecule has 2 aliphatic heterocycles. The Balaban J connectivity index is 1.41. The molecule has 0 spiro atoms. The minimum Gasteiger partial charge on any atom is -0.508 e. The maximum atomic E-state index is 13.7. The second-order valence-corrected chi connectivity index (χ2v) is 8.22. The van der Waals surface area contributed by atoms with Crippen LogP contribution in [0.25, 0.3) is 0 Å². The summed E-state index contributed by atoms with van der Waals surface area (Å²) >= 11 is 0. The predicted octanol–water partition coefficient (Wildman–Crippen LogP) is 3.05. The van der Waals surface area contributed by atoms with E-state index in [2.05, 4.69) is 14.9 Å². The largest absolute Gasteiger partial charge is 0.508 e. The monoisotopic (exact) mass is 422 g/mol. The molecule has 2 aromatic rings. The summed E-state index contributed by atoms with van der Waals surface area (Å²) in [7, 11) is 1.96. The van der Waals surface area contributed by atoms with Crippen LogP contribution >= 0.6 is 0 Å². The highest BCUT2D eigenvalue weighted by Crippen LogP contribution is 2.25. The van der Waals surface area contributed by atoms with Gasteiger partial charge >= 0.3 is 0 Å². The standard InChI is InChI=1S/C24H27FN4O2/c1-28(15-18-5-3-7-20(30)13-18)10-9-23(31)29-11-8-21-24(27-16-26-21)22(29)14-17-4-2-6-19(25)12-17/h2-7,12-13,16,21-22,30H,8-11,14-15H2,1H3. The van der Waals surface area contributed by atoms with Crippen LogP contribution in [-0.4, -0.2) is 65.1 Å². The van der Waals surface area contributed by atoms with E-state index >= 15 is 0 Å². The Bertz CT molecular complexity index is 1010. The Kier molecular flexibility index (Phi) is 6.42. The van der Waals surface area contributed by atoms with Crippen LogP contribution in [0, 0.1) is 5.82 Å². The topological polar surface area (TPSA) is 68.5 Å². The first-order valence-electron chi connectivity index (χ1n) is 10.6. The van der Waals surface area contributed by atoms with E-state index in [9.17, 15) is 14.3 Å². The number of carbonyl (C=O) groups is 1. The van der Waals surface area contributed by atoms with Crippen LogP contribution in [-0.2, 0) is 17.8 Å². The summed E-state index contributed by atoms with van der Waals surface area (Å²) in [6, 6.07) is 13.5. The number of aliphatic imine (C=N–C) groups is 2. The van der Waals surface area contributed by atoms with Crippen LogP contribution in [0.3, 0.4) is 0 Å². The highest BCUT2D eigenvalue weighted by atomic mass is 19.1. The fourth-order valence-corrected chi connectivity index (χ4v) is 4.33. The molecule has 6 nitrogen and oxygen atoms in total. The van der Waals surface area contributed by atoms with Crippen molar-refractivity contribution in [1.82, 2.24) is 9.80 Å². The van der Waals surface area contributed by atoms with Gasteiger partial charge in [-0.2, -0.15) is 0 Å². The van der Waals surface area contributed by atoms with Gasteiger partial charge in [-0.1, -0.05) is 24.3 Å². The SMILES string of the molecule is CN(CCC(=O)N1CCC2N=CN=C2C1Cc1cccc(F)c1)Cc1cccc(O)c1. The zero-order chi connectivity index (χ0) is 21.8. The number of phenols is 1. The molecular weight excluding hydrogens is 395 g/mol. The van der Waals surface area contributed by atoms with Gasteiger partial charge in [0.15, 0.2) is 0 Å². The van der Waals surface area contributed by atoms with Crippen molar-refractivity contribution in [3.8, 4) is 5.75 Å². The van der Waals surface area contributed by atoms with E-state index in [0.29, 0.717) is 32.5 Å². The summed E-state index contributed by atoms with van der Waals surface area (Å²) in [6.07, 6.45) is 3.25. The van der Waals surface area contributed by atoms with Crippen molar-refractivity contribution in [2.75, 3.05) is 20.1 Å². The van der Waals surface area contributed by atoms with Crippen molar-refractivity contribution in [3.05, 3.63) is 65.5 Å². The van der Waals surface area contributed by atoms with Gasteiger partial charge in [-0.05, 0) is 55.3 Å². The molecule has 2 aromatic carbocycles. The molecule has 2 aliphatic rings. The molecule has 31 heavy (non-hydrogen) atoms. The normalized spacial score (nSPS) is 20.1. The van der Waals surface area contributed by atoms with Gasteiger partial charge in [0.05, 0.1) is 17.8 Å². The van der Waals surface area contributed by atoms with E-state index < -0.39 is 0 Å². The number of piperidine rings is 1. The highest BCUT2D eigenvalue weighted by Gasteiger charge is 2.38. The van der Waals surface area contributed by atoms with Crippen LogP contribution in [0.15, 0.2) is 58.5 Å². The number of nitrogens with zero attached hydrogens (tertiary/aromatic N) is 4. The number of benzene rings is 2. The van der Waals surface area contributed by atoms with Gasteiger partial charge in [-0.25, -0.2) is 9.38 Å². The summed E-state index contributed by atoms with van der Waals surface area (Å²) in [5.74, 6) is 0.0303. The quantitative estimate of drug-likeness (QED) is 0.746. The lowest BCUT2D eigenvalue weighted by Gasteiger charge is -2.38. The molecule has 0 bridgehead atoms. The third kappa shape index (κ3) is 5.17. The first-order valence-corrected chi connectivity index (χ1v) is 10.6. The second kappa shape index (κ2) is 9.39. The van der Waals surface area contributed by atoms with Crippen molar-refractivity contribution in [1.29, 1.82) is 0 Å². The number of carbonyl (C=O) groups excluding carboxylic acids is 1. The van der Waals surface area contributed by atoms with Gasteiger partial charge in [-0.3, -0.25) is 9.79 Å². The molecule has 0 radical (unpaired) electrons. The van der Waals surface area contributed by atoms with Crippen molar-refractivity contribution in [2.45, 2.75) is 37.9 Å². The number of halogens is 1. The summed E-state index contributed by atoms with van der Waals surface area (Å²) in [6.45, 7) is 1.87. The predicted molar refractivity (Wildman–Crippen MR) is 119 cm³/mol. The Hall–Kier alpha value is -3.06. The van der Waals surface area contributed by atoms with Gasteiger partial charge in [0.25, 0.3) is 0 Å². The number of rotatable bonds is 7. The summed E-state index contributed by atoms with van der Waals surface area (Å²) in [4.78, 5) is 26.0. The average molecular weight is 423 g/mol. The summed E-state index contributed by atoms with van der Waals surface area (Å²) in [5.41, 5.74) is 2.74. The number of phenolic OH excluding ortho intramolecular Hbond substituents is 1. The number of likely N-dealkylation sites (tertiary alicyclic amines) is 1. The molecular formula is C24H27FN4O2. The smallest absolute Gasteiger partial charge is 0.224 e. The minimum absolute atomic E-state index is 0.0241. The van der Waals surface area contributed by atoms with Gasteiger partial charge in [0.1, 0.15) is 17.9 Å². The number of hydrogen-bond acceptors (Lipinski definition) is 5. The molecule has 1 N–H and O–H groups in total. The maximum Gasteiger partial charge on any atom is 0.224 e. The minimum atomic E-state index is -0.277. The third-order valence-electron chi connectivity index (χ3n) is 5.86. The highest BCUT2D eigenvalue weighted by molar-refractivity contribution is 6.04. The molecule has 1 amide bonds. The lowest BCUT2D eigenvalue weighted by atomic mass is 9.90. The van der Waals surface area contributed by atoms with Gasteiger partial charge < -0.3 is 14.9 Å². The van der Waals surface area contributed by atoms with Gasteiger partial charge in [-0.15, -0.1) is 0 Å². The zero-order valence-corrected chi connectivity index (χ0v) is 17.6. The van der Waals surface area contributed by atoms with Crippen molar-refractivity contribution in [2.24, 2.45) is 9.98 Å². The fraction of sp³-hybridized carbons (Fsp3) is 0.375. The number of aromatic hydroxyl groups is 1. The Labute approximate surface area is 181 Å². The molecule has 1 saturated heterocycles. The number of amides is 1. The first kappa shape index (κ1) is 21.2. The molecule has 2 atom stereocenters. The van der Waals surface area contributed by atoms with Crippen LogP contribution in [0.2, 0.25) is 0 Å². The molecule has 1 fully saturated rings. The van der Waals surface area contributed by atoms with Crippen LogP contribution in [0.1, 0.15) is 24.0 Å². The molecule has 4 rings (SSSR count). The van der Waals surface area contributed by atoms with E-state index in [1.807, 2.05) is 30.1 Å². The Morgan fingerprint density at radius 2 is 2.03 bits per heavy atom. The van der Waals surface area contributed by atoms with E-state index in [-0.39, 0.29) is 29.6 Å². The average Bonchev–Trinajstić information content (AvgIpc) is 3.22. The second-order valence-electron chi connectivity index (χ2n) is 8.22. The van der Waals surface area contributed by atoms with Crippen LogP contribution in [0.5, 0.6) is 5.75 Å². The molecule has 0 saturated carbocycles. The Morgan fingerprint density at radius 3 is 2.84 bits per heavy atom. The van der Waals surface area contributed by atoms with E-state index in [1.54, 1.807) is 24.5 Å². The fourth-order valence-electron chi connectivity index (χ4n) is 4.33. The van der Waals surface area contributed by atoms with E-state index in [1.165, 1.54) is 12.1 Å². The third-order valence-corrected chi connectivity index (χ3v) is 5.86. The molecule has 0 aromatic heterocycles. The van der Waals surface area contributed by atoms with Crippen molar-refractivity contribution < 1.29 is 14.3 Å². The Morgan fingerprint density at radius 1 is 1.23 bits per heavy atom. The molecule has 2 heterocycles. The zero-order valence-electron chi connectivity index (χ0n) is 17.6. The van der Waals surface area contributed by atoms with Gasteiger partial charge in [0.2, 0.25) is 5.91 Å². The van der Waals surface area contributed by atoms with Crippen LogP contribution < -0.4 is 0 Å². The van der Waals surface area contributed by atoms with Crippen molar-refractivity contribution >= 4 is 18.0 Å².